The number of esters is 2. The third kappa shape index (κ3) is 3.35. The Morgan fingerprint density at radius 2 is 1.72 bits per heavy atom. The zero-order valence-electron chi connectivity index (χ0n) is 10.6. The van der Waals surface area contributed by atoms with Crippen molar-refractivity contribution in [3.8, 4) is 0 Å². The van der Waals surface area contributed by atoms with Gasteiger partial charge in [0.05, 0.1) is 0 Å². The fourth-order valence-corrected chi connectivity index (χ4v) is 1.96. The van der Waals surface area contributed by atoms with Gasteiger partial charge in [-0.1, -0.05) is 6.92 Å². The number of carboxylic acid groups (broad SMARTS) is 1. The van der Waals surface area contributed by atoms with Crippen molar-refractivity contribution in [2.24, 2.45) is 5.92 Å². The number of ether oxygens (including phenoxy) is 2. The van der Waals surface area contributed by atoms with Crippen molar-refractivity contribution in [1.29, 1.82) is 0 Å². The number of carbonyl (C=O) groups is 3. The summed E-state index contributed by atoms with van der Waals surface area (Å²) >= 11 is 0. The van der Waals surface area contributed by atoms with Crippen molar-refractivity contribution >= 4 is 18.0 Å². The molecule has 102 valence electrons. The summed E-state index contributed by atoms with van der Waals surface area (Å²) in [6, 6.07) is 0. The van der Waals surface area contributed by atoms with E-state index in [0.717, 1.165) is 4.90 Å². The summed E-state index contributed by atoms with van der Waals surface area (Å²) < 4.78 is 10.1. The van der Waals surface area contributed by atoms with E-state index in [0.29, 0.717) is 6.42 Å². The third-order valence-electron chi connectivity index (χ3n) is 2.81. The molecule has 18 heavy (non-hydrogen) atoms. The number of amides is 1. The predicted molar refractivity (Wildman–Crippen MR) is 59.6 cm³/mol. The largest absolute Gasteiger partial charge is 0.465 e. The van der Waals surface area contributed by atoms with Gasteiger partial charge in [0.25, 0.3) is 0 Å². The van der Waals surface area contributed by atoms with E-state index in [-0.39, 0.29) is 12.5 Å². The smallest absolute Gasteiger partial charge is 0.410 e. The van der Waals surface area contributed by atoms with Gasteiger partial charge in [0.2, 0.25) is 6.23 Å². The Labute approximate surface area is 105 Å². The average Bonchev–Trinajstić information content (AvgIpc) is 2.21. The van der Waals surface area contributed by atoms with Gasteiger partial charge in [-0.15, -0.1) is 0 Å². The molecule has 1 saturated heterocycles. The SMILES string of the molecule is CC(=O)OC1C(C)CCN(C(=O)O)C1OC(C)=O. The van der Waals surface area contributed by atoms with Crippen LogP contribution in [-0.2, 0) is 19.1 Å². The summed E-state index contributed by atoms with van der Waals surface area (Å²) in [6.07, 6.45) is -2.50. The molecule has 0 bridgehead atoms. The van der Waals surface area contributed by atoms with Crippen LogP contribution in [0.25, 0.3) is 0 Å². The quantitative estimate of drug-likeness (QED) is 0.738. The van der Waals surface area contributed by atoms with Crippen molar-refractivity contribution in [2.75, 3.05) is 6.54 Å². The van der Waals surface area contributed by atoms with Gasteiger partial charge in [-0.05, 0) is 6.42 Å². The molecule has 0 aromatic rings. The highest BCUT2D eigenvalue weighted by atomic mass is 16.6. The molecule has 7 heteroatoms. The van der Waals surface area contributed by atoms with Crippen LogP contribution >= 0.6 is 0 Å². The number of likely N-dealkylation sites (tertiary alicyclic amines) is 1. The lowest BCUT2D eigenvalue weighted by Crippen LogP contribution is -2.56. The average molecular weight is 259 g/mol. The zero-order valence-corrected chi connectivity index (χ0v) is 10.6. The van der Waals surface area contributed by atoms with Crippen LogP contribution in [0.4, 0.5) is 4.79 Å². The first-order valence-electron chi connectivity index (χ1n) is 5.67. The van der Waals surface area contributed by atoms with Crippen molar-refractivity contribution in [3.05, 3.63) is 0 Å². The second-order valence-corrected chi connectivity index (χ2v) is 4.32. The van der Waals surface area contributed by atoms with E-state index in [1.165, 1.54) is 13.8 Å². The summed E-state index contributed by atoms with van der Waals surface area (Å²) in [7, 11) is 0. The molecule has 1 aliphatic rings. The van der Waals surface area contributed by atoms with Crippen molar-refractivity contribution in [1.82, 2.24) is 4.90 Å². The van der Waals surface area contributed by atoms with E-state index in [2.05, 4.69) is 0 Å². The van der Waals surface area contributed by atoms with Crippen LogP contribution in [0.1, 0.15) is 27.2 Å². The molecule has 0 aromatic carbocycles. The minimum absolute atomic E-state index is 0.0751. The second kappa shape index (κ2) is 5.70. The Balaban J connectivity index is 2.94. The molecule has 1 heterocycles. The van der Waals surface area contributed by atoms with E-state index in [1.54, 1.807) is 0 Å². The second-order valence-electron chi connectivity index (χ2n) is 4.32. The van der Waals surface area contributed by atoms with E-state index >= 15 is 0 Å². The maximum absolute atomic E-state index is 11.1. The molecule has 0 spiro atoms. The first-order valence-corrected chi connectivity index (χ1v) is 5.67. The maximum atomic E-state index is 11.1. The van der Waals surface area contributed by atoms with Gasteiger partial charge >= 0.3 is 18.0 Å². The van der Waals surface area contributed by atoms with Crippen LogP contribution in [0.2, 0.25) is 0 Å². The molecule has 1 rings (SSSR count). The van der Waals surface area contributed by atoms with Gasteiger partial charge in [0, 0.05) is 26.3 Å². The molecular formula is C11H17NO6. The number of piperidine rings is 1. The highest BCUT2D eigenvalue weighted by Gasteiger charge is 2.42. The Morgan fingerprint density at radius 3 is 2.17 bits per heavy atom. The fraction of sp³-hybridized carbons (Fsp3) is 0.727. The Kier molecular flexibility index (Phi) is 4.52. The van der Waals surface area contributed by atoms with Gasteiger partial charge in [0.15, 0.2) is 6.10 Å². The van der Waals surface area contributed by atoms with E-state index < -0.39 is 30.4 Å². The van der Waals surface area contributed by atoms with Crippen LogP contribution in [0, 0.1) is 5.92 Å². The summed E-state index contributed by atoms with van der Waals surface area (Å²) in [5.74, 6) is -1.22. The predicted octanol–water partition coefficient (Wildman–Crippen LogP) is 0.827. The number of hydrogen-bond acceptors (Lipinski definition) is 5. The van der Waals surface area contributed by atoms with Crippen molar-refractivity contribution in [3.63, 3.8) is 0 Å². The topological polar surface area (TPSA) is 93.1 Å². The summed E-state index contributed by atoms with van der Waals surface area (Å²) in [6.45, 7) is 4.48. The standard InChI is InChI=1S/C11H17NO6/c1-6-4-5-12(11(15)16)10(18-8(3)14)9(6)17-7(2)13/h6,9-10H,4-5H2,1-3H3,(H,15,16). The van der Waals surface area contributed by atoms with Gasteiger partial charge in [-0.2, -0.15) is 0 Å². The number of carbonyl (C=O) groups excluding carboxylic acids is 2. The molecule has 0 radical (unpaired) electrons. The van der Waals surface area contributed by atoms with Gasteiger partial charge in [0.1, 0.15) is 0 Å². The first kappa shape index (κ1) is 14.3. The molecule has 1 N–H and O–H groups in total. The van der Waals surface area contributed by atoms with Crippen molar-refractivity contribution in [2.45, 2.75) is 39.5 Å². The summed E-state index contributed by atoms with van der Waals surface area (Å²) in [5, 5.41) is 9.05. The summed E-state index contributed by atoms with van der Waals surface area (Å²) in [5.41, 5.74) is 0. The third-order valence-corrected chi connectivity index (χ3v) is 2.81. The molecule has 3 unspecified atom stereocenters. The molecule has 1 fully saturated rings. The highest BCUT2D eigenvalue weighted by molar-refractivity contribution is 5.69. The van der Waals surface area contributed by atoms with E-state index in [4.69, 9.17) is 14.6 Å². The Morgan fingerprint density at radius 1 is 1.17 bits per heavy atom. The van der Waals surface area contributed by atoms with Crippen molar-refractivity contribution < 1.29 is 29.0 Å². The van der Waals surface area contributed by atoms with E-state index in [1.807, 2.05) is 6.92 Å². The maximum Gasteiger partial charge on any atom is 0.410 e. The number of hydrogen-bond donors (Lipinski definition) is 1. The normalized spacial score (nSPS) is 27.5. The molecule has 1 aliphatic heterocycles. The monoisotopic (exact) mass is 259 g/mol. The first-order chi connectivity index (χ1) is 8.32. The van der Waals surface area contributed by atoms with Crippen LogP contribution in [0.5, 0.6) is 0 Å². The molecule has 7 nitrogen and oxygen atoms in total. The van der Waals surface area contributed by atoms with Crippen LogP contribution in [-0.4, -0.2) is 46.9 Å². The lowest BCUT2D eigenvalue weighted by molar-refractivity contribution is -0.192. The highest BCUT2D eigenvalue weighted by Crippen LogP contribution is 2.27. The summed E-state index contributed by atoms with van der Waals surface area (Å²) in [4.78, 5) is 34.1. The van der Waals surface area contributed by atoms with Crippen LogP contribution in [0.3, 0.4) is 0 Å². The minimum atomic E-state index is -1.20. The van der Waals surface area contributed by atoms with Gasteiger partial charge in [-0.3, -0.25) is 14.5 Å². The van der Waals surface area contributed by atoms with E-state index in [9.17, 15) is 14.4 Å². The van der Waals surface area contributed by atoms with Gasteiger partial charge in [-0.25, -0.2) is 4.79 Å². The lowest BCUT2D eigenvalue weighted by atomic mass is 9.94. The molecular weight excluding hydrogens is 242 g/mol. The lowest BCUT2D eigenvalue weighted by Gasteiger charge is -2.41. The fourth-order valence-electron chi connectivity index (χ4n) is 1.96. The van der Waals surface area contributed by atoms with Gasteiger partial charge < -0.3 is 14.6 Å². The van der Waals surface area contributed by atoms with Crippen LogP contribution in [0.15, 0.2) is 0 Å². The molecule has 3 atom stereocenters. The molecule has 0 aromatic heterocycles. The Hall–Kier alpha value is -1.79. The Bertz CT molecular complexity index is 355. The number of nitrogens with zero attached hydrogens (tertiary/aromatic N) is 1. The minimum Gasteiger partial charge on any atom is -0.465 e. The molecule has 0 saturated carbocycles. The zero-order chi connectivity index (χ0) is 13.9. The number of rotatable bonds is 2. The molecule has 1 amide bonds. The molecule has 0 aliphatic carbocycles. The van der Waals surface area contributed by atoms with Crippen LogP contribution < -0.4 is 0 Å².